The van der Waals surface area contributed by atoms with E-state index in [0.29, 0.717) is 0 Å². The summed E-state index contributed by atoms with van der Waals surface area (Å²) in [7, 11) is 0. The predicted octanol–water partition coefficient (Wildman–Crippen LogP) is 3.13. The van der Waals surface area contributed by atoms with Crippen molar-refractivity contribution in [3.8, 4) is 0 Å². The van der Waals surface area contributed by atoms with Crippen molar-refractivity contribution in [3.63, 3.8) is 0 Å². The molecule has 158 valence electrons. The summed E-state index contributed by atoms with van der Waals surface area (Å²) in [6.07, 6.45) is 7.02. The number of carbonyl (C=O) groups is 2. The maximum absolute atomic E-state index is 12.8. The molecule has 0 bridgehead atoms. The number of benzene rings is 1. The van der Waals surface area contributed by atoms with Gasteiger partial charge in [-0.15, -0.1) is 0 Å². The largest absolute Gasteiger partial charge is 0.342 e. The molecule has 29 heavy (non-hydrogen) atoms. The number of hydrogen-bond acceptors (Lipinski definition) is 3. The van der Waals surface area contributed by atoms with Crippen LogP contribution in [0.5, 0.6) is 0 Å². The van der Waals surface area contributed by atoms with Crippen molar-refractivity contribution in [1.29, 1.82) is 0 Å². The van der Waals surface area contributed by atoms with Gasteiger partial charge in [-0.3, -0.25) is 14.5 Å². The van der Waals surface area contributed by atoms with Crippen LogP contribution in [0.2, 0.25) is 0 Å². The summed E-state index contributed by atoms with van der Waals surface area (Å²) in [6, 6.07) is 10.3. The number of piperazine rings is 1. The molecule has 1 aromatic carbocycles. The van der Waals surface area contributed by atoms with Crippen LogP contribution in [0.4, 0.5) is 0 Å². The van der Waals surface area contributed by atoms with Crippen LogP contribution in [0.3, 0.4) is 0 Å². The Labute approximate surface area is 175 Å². The first-order chi connectivity index (χ1) is 14.1. The summed E-state index contributed by atoms with van der Waals surface area (Å²) in [4.78, 5) is 31.9. The normalized spacial score (nSPS) is 22.1. The third-order valence-electron chi connectivity index (χ3n) is 5.88. The van der Waals surface area contributed by atoms with Gasteiger partial charge in [-0.2, -0.15) is 0 Å². The first kappa shape index (κ1) is 21.6. The summed E-state index contributed by atoms with van der Waals surface area (Å²) >= 11 is 0. The van der Waals surface area contributed by atoms with Gasteiger partial charge in [-0.1, -0.05) is 56.3 Å². The number of hydrogen-bond donors (Lipinski definition) is 0. The molecule has 1 aromatic rings. The lowest BCUT2D eigenvalue weighted by molar-refractivity contribution is -0.139. The van der Waals surface area contributed by atoms with E-state index in [2.05, 4.69) is 43.0 Å². The van der Waals surface area contributed by atoms with Crippen LogP contribution in [0, 0.1) is 11.8 Å². The fourth-order valence-electron chi connectivity index (χ4n) is 4.13. The Kier molecular flexibility index (Phi) is 7.87. The first-order valence-corrected chi connectivity index (χ1v) is 11.2. The standard InChI is InChI=1S/C24H35N3O2/c1-3-12-26(13-4-2)23(28)21-19-22(21)24(29)27-17-15-25(16-18-27)14-8-11-20-9-6-5-7-10-20/h5-11,21-22H,3-4,12-19H2,1-2H3/b11-8+. The third kappa shape index (κ3) is 5.92. The molecule has 3 rings (SSSR count). The average Bonchev–Trinajstić information content (AvgIpc) is 3.55. The minimum atomic E-state index is -0.0803. The highest BCUT2D eigenvalue weighted by molar-refractivity contribution is 5.92. The Balaban J connectivity index is 1.41. The second-order valence-electron chi connectivity index (χ2n) is 8.21. The fraction of sp³-hybridized carbons (Fsp3) is 0.583. The average molecular weight is 398 g/mol. The highest BCUT2D eigenvalue weighted by atomic mass is 16.2. The summed E-state index contributed by atoms with van der Waals surface area (Å²) in [5.74, 6) is 0.225. The Morgan fingerprint density at radius 3 is 2.28 bits per heavy atom. The number of carbonyl (C=O) groups excluding carboxylic acids is 2. The van der Waals surface area contributed by atoms with Gasteiger partial charge in [0.1, 0.15) is 0 Å². The summed E-state index contributed by atoms with van der Waals surface area (Å²) in [5, 5.41) is 0. The Bertz CT molecular complexity index is 689. The van der Waals surface area contributed by atoms with E-state index in [1.54, 1.807) is 0 Å². The monoisotopic (exact) mass is 397 g/mol. The van der Waals surface area contributed by atoms with Crippen LogP contribution in [-0.2, 0) is 9.59 Å². The maximum Gasteiger partial charge on any atom is 0.226 e. The Hall–Kier alpha value is -2.14. The summed E-state index contributed by atoms with van der Waals surface area (Å²) < 4.78 is 0. The molecule has 2 atom stereocenters. The van der Waals surface area contributed by atoms with Crippen molar-refractivity contribution < 1.29 is 9.59 Å². The van der Waals surface area contributed by atoms with Crippen LogP contribution in [0.25, 0.3) is 6.08 Å². The van der Waals surface area contributed by atoms with Gasteiger partial charge in [0.05, 0.1) is 11.8 Å². The molecule has 2 unspecified atom stereocenters. The smallest absolute Gasteiger partial charge is 0.226 e. The SMILES string of the molecule is CCCN(CCC)C(=O)C1CC1C(=O)N1CCN(C/C=C/c2ccccc2)CC1. The minimum Gasteiger partial charge on any atom is -0.342 e. The predicted molar refractivity (Wildman–Crippen MR) is 117 cm³/mol. The zero-order valence-corrected chi connectivity index (χ0v) is 17.9. The van der Waals surface area contributed by atoms with Crippen molar-refractivity contribution in [2.45, 2.75) is 33.1 Å². The molecule has 2 fully saturated rings. The fourth-order valence-corrected chi connectivity index (χ4v) is 4.13. The first-order valence-electron chi connectivity index (χ1n) is 11.2. The number of nitrogens with zero attached hydrogens (tertiary/aromatic N) is 3. The zero-order valence-electron chi connectivity index (χ0n) is 17.9. The Morgan fingerprint density at radius 1 is 1.00 bits per heavy atom. The highest BCUT2D eigenvalue weighted by Crippen LogP contribution is 2.41. The Morgan fingerprint density at radius 2 is 1.66 bits per heavy atom. The molecule has 1 saturated carbocycles. The lowest BCUT2D eigenvalue weighted by atomic mass is 10.2. The molecule has 1 heterocycles. The third-order valence-corrected chi connectivity index (χ3v) is 5.88. The van der Waals surface area contributed by atoms with Crippen LogP contribution in [0.1, 0.15) is 38.7 Å². The van der Waals surface area contributed by atoms with Gasteiger partial charge in [-0.25, -0.2) is 0 Å². The summed E-state index contributed by atoms with van der Waals surface area (Å²) in [6.45, 7) is 10.0. The quantitative estimate of drug-likeness (QED) is 0.643. The van der Waals surface area contributed by atoms with E-state index in [9.17, 15) is 9.59 Å². The topological polar surface area (TPSA) is 43.9 Å². The molecule has 1 saturated heterocycles. The van der Waals surface area contributed by atoms with Crippen molar-refractivity contribution in [2.75, 3.05) is 45.8 Å². The lowest BCUT2D eigenvalue weighted by Crippen LogP contribution is -2.49. The number of amides is 2. The van der Waals surface area contributed by atoms with Gasteiger partial charge in [0.25, 0.3) is 0 Å². The molecule has 2 amide bonds. The van der Waals surface area contributed by atoms with Crippen molar-refractivity contribution in [1.82, 2.24) is 14.7 Å². The van der Waals surface area contributed by atoms with Crippen LogP contribution >= 0.6 is 0 Å². The second kappa shape index (κ2) is 10.6. The molecule has 5 heteroatoms. The van der Waals surface area contributed by atoms with Crippen molar-refractivity contribution in [3.05, 3.63) is 42.0 Å². The van der Waals surface area contributed by atoms with Gasteiger partial charge >= 0.3 is 0 Å². The van der Waals surface area contributed by atoms with E-state index in [4.69, 9.17) is 0 Å². The van der Waals surface area contributed by atoms with E-state index in [-0.39, 0.29) is 23.7 Å². The molecule has 0 aromatic heterocycles. The van der Waals surface area contributed by atoms with E-state index < -0.39 is 0 Å². The van der Waals surface area contributed by atoms with Crippen LogP contribution < -0.4 is 0 Å². The molecule has 5 nitrogen and oxygen atoms in total. The maximum atomic E-state index is 12.8. The van der Waals surface area contributed by atoms with Crippen molar-refractivity contribution in [2.24, 2.45) is 11.8 Å². The summed E-state index contributed by atoms with van der Waals surface area (Å²) in [5.41, 5.74) is 1.21. The molecule has 0 spiro atoms. The van der Waals surface area contributed by atoms with E-state index >= 15 is 0 Å². The molecular weight excluding hydrogens is 362 g/mol. The van der Waals surface area contributed by atoms with E-state index in [0.717, 1.165) is 65.1 Å². The minimum absolute atomic E-state index is 0.0764. The molecular formula is C24H35N3O2. The molecule has 1 aliphatic heterocycles. The van der Waals surface area contributed by atoms with Gasteiger partial charge < -0.3 is 9.80 Å². The number of rotatable bonds is 9. The molecule has 2 aliphatic rings. The van der Waals surface area contributed by atoms with Gasteiger partial charge in [0.15, 0.2) is 0 Å². The van der Waals surface area contributed by atoms with Gasteiger partial charge in [-0.05, 0) is 24.8 Å². The van der Waals surface area contributed by atoms with Crippen molar-refractivity contribution >= 4 is 17.9 Å². The van der Waals surface area contributed by atoms with Gasteiger partial charge in [0, 0.05) is 45.8 Å². The molecule has 1 aliphatic carbocycles. The zero-order chi connectivity index (χ0) is 20.6. The van der Waals surface area contributed by atoms with Crippen LogP contribution in [-0.4, -0.2) is 72.3 Å². The van der Waals surface area contributed by atoms with E-state index in [1.165, 1.54) is 5.56 Å². The molecule has 0 radical (unpaired) electrons. The highest BCUT2D eigenvalue weighted by Gasteiger charge is 2.50. The molecule has 0 N–H and O–H groups in total. The van der Waals surface area contributed by atoms with Crippen LogP contribution in [0.15, 0.2) is 36.4 Å². The van der Waals surface area contributed by atoms with E-state index in [1.807, 2.05) is 28.0 Å². The van der Waals surface area contributed by atoms with Gasteiger partial charge in [0.2, 0.25) is 11.8 Å². The lowest BCUT2D eigenvalue weighted by Gasteiger charge is -2.34. The second-order valence-corrected chi connectivity index (χ2v) is 8.21.